The van der Waals surface area contributed by atoms with Gasteiger partial charge in [-0.1, -0.05) is 13.0 Å². The molecule has 1 amide bonds. The van der Waals surface area contributed by atoms with Crippen LogP contribution in [-0.4, -0.2) is 32.8 Å². The van der Waals surface area contributed by atoms with Crippen LogP contribution in [0.15, 0.2) is 41.0 Å². The van der Waals surface area contributed by atoms with Gasteiger partial charge in [0.05, 0.1) is 27.1 Å². The van der Waals surface area contributed by atoms with Crippen molar-refractivity contribution in [2.45, 2.75) is 47.1 Å². The van der Waals surface area contributed by atoms with E-state index < -0.39 is 0 Å². The van der Waals surface area contributed by atoms with E-state index in [1.165, 1.54) is 0 Å². The molecule has 33 heavy (non-hydrogen) atoms. The Hall–Kier alpha value is -3.41. The van der Waals surface area contributed by atoms with E-state index in [4.69, 9.17) is 18.6 Å². The molecule has 3 aromatic rings. The van der Waals surface area contributed by atoms with Gasteiger partial charge < -0.3 is 23.9 Å². The standard InChI is InChI=1S/C27H33NO5/c1-8-17(4)28-25(29)12-16(3)20-14-21-22(15-33-27(21)18(5)26(20)32-9-2)19-10-11-23(30-6)24(13-19)31-7/h10-15,17H,8-9H2,1-7H3,(H,28,29)/b16-12+. The van der Waals surface area contributed by atoms with E-state index in [2.05, 4.69) is 5.32 Å². The summed E-state index contributed by atoms with van der Waals surface area (Å²) >= 11 is 0. The lowest BCUT2D eigenvalue weighted by Crippen LogP contribution is -2.30. The molecular weight excluding hydrogens is 418 g/mol. The van der Waals surface area contributed by atoms with Crippen molar-refractivity contribution in [1.82, 2.24) is 5.32 Å². The number of carbonyl (C=O) groups excluding carboxylic acids is 1. The van der Waals surface area contributed by atoms with Crippen molar-refractivity contribution in [2.75, 3.05) is 20.8 Å². The van der Waals surface area contributed by atoms with E-state index in [9.17, 15) is 4.79 Å². The summed E-state index contributed by atoms with van der Waals surface area (Å²) in [6.45, 7) is 10.4. The minimum Gasteiger partial charge on any atom is -0.493 e. The molecule has 1 unspecified atom stereocenters. The average Bonchev–Trinajstić information content (AvgIpc) is 3.24. The van der Waals surface area contributed by atoms with Crippen LogP contribution in [0.5, 0.6) is 17.2 Å². The Morgan fingerprint density at radius 1 is 1.15 bits per heavy atom. The Kier molecular flexibility index (Phi) is 7.69. The Bertz CT molecular complexity index is 1170. The summed E-state index contributed by atoms with van der Waals surface area (Å²) < 4.78 is 22.8. The smallest absolute Gasteiger partial charge is 0.244 e. The van der Waals surface area contributed by atoms with Crippen LogP contribution in [0.4, 0.5) is 0 Å². The topological polar surface area (TPSA) is 69.9 Å². The summed E-state index contributed by atoms with van der Waals surface area (Å²) in [7, 11) is 3.23. The fraction of sp³-hybridized carbons (Fsp3) is 0.370. The molecule has 0 bridgehead atoms. The molecule has 3 rings (SSSR count). The number of benzene rings is 2. The van der Waals surface area contributed by atoms with Gasteiger partial charge in [-0.2, -0.15) is 0 Å². The van der Waals surface area contributed by atoms with Crippen LogP contribution >= 0.6 is 0 Å². The minimum atomic E-state index is -0.116. The Morgan fingerprint density at radius 2 is 1.88 bits per heavy atom. The zero-order chi connectivity index (χ0) is 24.1. The predicted molar refractivity (Wildman–Crippen MR) is 132 cm³/mol. The summed E-state index contributed by atoms with van der Waals surface area (Å²) in [6, 6.07) is 7.92. The van der Waals surface area contributed by atoms with E-state index in [1.54, 1.807) is 26.6 Å². The van der Waals surface area contributed by atoms with E-state index in [1.807, 2.05) is 58.9 Å². The molecule has 1 atom stereocenters. The number of carbonyl (C=O) groups is 1. The lowest BCUT2D eigenvalue weighted by Gasteiger charge is -2.15. The van der Waals surface area contributed by atoms with E-state index in [-0.39, 0.29) is 11.9 Å². The molecule has 0 spiro atoms. The van der Waals surface area contributed by atoms with Crippen LogP contribution in [-0.2, 0) is 4.79 Å². The maximum absolute atomic E-state index is 12.5. The molecule has 0 saturated heterocycles. The van der Waals surface area contributed by atoms with E-state index in [0.717, 1.165) is 51.0 Å². The van der Waals surface area contributed by atoms with Gasteiger partial charge in [-0.05, 0) is 63.5 Å². The van der Waals surface area contributed by atoms with Crippen LogP contribution in [0, 0.1) is 6.92 Å². The summed E-state index contributed by atoms with van der Waals surface area (Å²) in [5, 5.41) is 3.93. The largest absolute Gasteiger partial charge is 0.493 e. The van der Waals surface area contributed by atoms with Gasteiger partial charge in [0, 0.05) is 34.2 Å². The highest BCUT2D eigenvalue weighted by Crippen LogP contribution is 2.42. The molecule has 176 valence electrons. The lowest BCUT2D eigenvalue weighted by atomic mass is 9.96. The molecule has 0 saturated carbocycles. The zero-order valence-electron chi connectivity index (χ0n) is 20.5. The summed E-state index contributed by atoms with van der Waals surface area (Å²) in [5.74, 6) is 1.92. The number of hydrogen-bond acceptors (Lipinski definition) is 5. The second-order valence-electron chi connectivity index (χ2n) is 8.05. The molecule has 2 aromatic carbocycles. The molecule has 6 nitrogen and oxygen atoms in total. The lowest BCUT2D eigenvalue weighted by molar-refractivity contribution is -0.117. The maximum Gasteiger partial charge on any atom is 0.244 e. The predicted octanol–water partition coefficient (Wildman–Crippen LogP) is 6.14. The van der Waals surface area contributed by atoms with Gasteiger partial charge in [-0.3, -0.25) is 4.79 Å². The Balaban J connectivity index is 2.16. The quantitative estimate of drug-likeness (QED) is 0.396. The van der Waals surface area contributed by atoms with Crippen molar-refractivity contribution >= 4 is 22.4 Å². The summed E-state index contributed by atoms with van der Waals surface area (Å²) in [4.78, 5) is 12.5. The van der Waals surface area contributed by atoms with Crippen molar-refractivity contribution in [3.8, 4) is 28.4 Å². The van der Waals surface area contributed by atoms with Gasteiger partial charge in [-0.25, -0.2) is 0 Å². The number of hydrogen-bond donors (Lipinski definition) is 1. The third-order valence-electron chi connectivity index (χ3n) is 5.80. The molecule has 0 radical (unpaired) electrons. The van der Waals surface area contributed by atoms with Gasteiger partial charge in [0.15, 0.2) is 11.5 Å². The second kappa shape index (κ2) is 10.5. The average molecular weight is 452 g/mol. The first-order chi connectivity index (χ1) is 15.8. The van der Waals surface area contributed by atoms with Crippen molar-refractivity contribution in [2.24, 2.45) is 0 Å². The van der Waals surface area contributed by atoms with Gasteiger partial charge >= 0.3 is 0 Å². The van der Waals surface area contributed by atoms with Crippen molar-refractivity contribution in [3.63, 3.8) is 0 Å². The van der Waals surface area contributed by atoms with Crippen molar-refractivity contribution < 1.29 is 23.4 Å². The van der Waals surface area contributed by atoms with Crippen LogP contribution in [0.1, 0.15) is 45.2 Å². The van der Waals surface area contributed by atoms with Crippen LogP contribution in [0.25, 0.3) is 27.7 Å². The molecule has 0 aliphatic heterocycles. The fourth-order valence-corrected chi connectivity index (χ4v) is 3.83. The molecule has 1 heterocycles. The second-order valence-corrected chi connectivity index (χ2v) is 8.05. The van der Waals surface area contributed by atoms with Crippen LogP contribution in [0.3, 0.4) is 0 Å². The number of furan rings is 1. The van der Waals surface area contributed by atoms with Gasteiger partial charge in [0.25, 0.3) is 0 Å². The Labute approximate surface area is 195 Å². The molecule has 0 aliphatic carbocycles. The first-order valence-corrected chi connectivity index (χ1v) is 11.2. The number of methoxy groups -OCH3 is 2. The molecular formula is C27H33NO5. The Morgan fingerprint density at radius 3 is 2.52 bits per heavy atom. The molecule has 1 aromatic heterocycles. The highest BCUT2D eigenvalue weighted by molar-refractivity contribution is 6.01. The molecule has 1 N–H and O–H groups in total. The summed E-state index contributed by atoms with van der Waals surface area (Å²) in [6.07, 6.45) is 4.25. The minimum absolute atomic E-state index is 0.114. The van der Waals surface area contributed by atoms with Gasteiger partial charge in [0.2, 0.25) is 5.91 Å². The third-order valence-corrected chi connectivity index (χ3v) is 5.80. The zero-order valence-corrected chi connectivity index (χ0v) is 20.5. The van der Waals surface area contributed by atoms with Gasteiger partial charge in [-0.15, -0.1) is 0 Å². The van der Waals surface area contributed by atoms with Crippen LogP contribution < -0.4 is 19.5 Å². The highest BCUT2D eigenvalue weighted by Gasteiger charge is 2.20. The summed E-state index contributed by atoms with van der Waals surface area (Å²) in [5.41, 5.74) is 5.20. The number of ether oxygens (including phenoxy) is 3. The monoisotopic (exact) mass is 451 g/mol. The van der Waals surface area contributed by atoms with Crippen LogP contribution in [0.2, 0.25) is 0 Å². The van der Waals surface area contributed by atoms with E-state index >= 15 is 0 Å². The van der Waals surface area contributed by atoms with Gasteiger partial charge in [0.1, 0.15) is 11.3 Å². The number of rotatable bonds is 9. The van der Waals surface area contributed by atoms with E-state index in [0.29, 0.717) is 18.1 Å². The molecule has 0 aliphatic rings. The SMILES string of the molecule is CCOc1c(/C(C)=C/C(=O)NC(C)CC)cc2c(-c3ccc(OC)c(OC)c3)coc2c1C. The highest BCUT2D eigenvalue weighted by atomic mass is 16.5. The molecule has 0 fully saturated rings. The number of aryl methyl sites for hydroxylation is 1. The fourth-order valence-electron chi connectivity index (χ4n) is 3.83. The third kappa shape index (κ3) is 5.00. The number of amides is 1. The number of nitrogens with one attached hydrogen (secondary N) is 1. The number of allylic oxidation sites excluding steroid dienone is 1. The first kappa shape index (κ1) is 24.2. The van der Waals surface area contributed by atoms with Crippen molar-refractivity contribution in [1.29, 1.82) is 0 Å². The number of fused-ring (bicyclic) bond motifs is 1. The molecule has 6 heteroatoms. The maximum atomic E-state index is 12.5. The van der Waals surface area contributed by atoms with Crippen molar-refractivity contribution in [3.05, 3.63) is 47.7 Å². The first-order valence-electron chi connectivity index (χ1n) is 11.2. The normalized spacial score (nSPS) is 12.5.